The van der Waals surface area contributed by atoms with Gasteiger partial charge in [-0.15, -0.1) is 5.10 Å². The Hall–Kier alpha value is -2.87. The quantitative estimate of drug-likeness (QED) is 0.570. The maximum Gasteiger partial charge on any atom is 0.350 e. The van der Waals surface area contributed by atoms with Gasteiger partial charge in [-0.1, -0.05) is 17.7 Å². The Morgan fingerprint density at radius 1 is 1.30 bits per heavy atom. The van der Waals surface area contributed by atoms with E-state index in [0.717, 1.165) is 0 Å². The van der Waals surface area contributed by atoms with Gasteiger partial charge in [-0.05, 0) is 24.3 Å². The van der Waals surface area contributed by atoms with Gasteiger partial charge in [0.25, 0.3) is 5.69 Å². The summed E-state index contributed by atoms with van der Waals surface area (Å²) in [4.78, 5) is 22.4. The molecule has 8 nitrogen and oxygen atoms in total. The number of hydrogen-bond donors (Lipinski definition) is 1. The molecular weight excluding hydrogens is 322 g/mol. The first kappa shape index (κ1) is 15.0. The van der Waals surface area contributed by atoms with Crippen LogP contribution in [0, 0.1) is 10.1 Å². The molecule has 3 aromatic rings. The van der Waals surface area contributed by atoms with Gasteiger partial charge in [0.2, 0.25) is 0 Å². The normalized spacial score (nSPS) is 10.8. The molecule has 0 atom stereocenters. The largest absolute Gasteiger partial charge is 0.383 e. The predicted molar refractivity (Wildman–Crippen MR) is 86.0 cm³/mol. The number of nitrogens with one attached hydrogen (secondary N) is 1. The van der Waals surface area contributed by atoms with Crippen LogP contribution in [0.25, 0.3) is 5.65 Å². The molecule has 0 aliphatic rings. The summed E-state index contributed by atoms with van der Waals surface area (Å²) in [5.41, 5.74) is 0.726. The highest BCUT2D eigenvalue weighted by Crippen LogP contribution is 2.27. The SMILES string of the molecule is O=c1n(CCNc2ccc(Cl)c([N+](=O)[O-])c2)nc2ccccn12. The van der Waals surface area contributed by atoms with Crippen LogP contribution in [0.15, 0.2) is 47.4 Å². The Labute approximate surface area is 135 Å². The van der Waals surface area contributed by atoms with Crippen LogP contribution in [0.3, 0.4) is 0 Å². The second kappa shape index (κ2) is 6.09. The fourth-order valence-corrected chi connectivity index (χ4v) is 2.37. The maximum absolute atomic E-state index is 12.1. The van der Waals surface area contributed by atoms with Gasteiger partial charge in [0, 0.05) is 24.5 Å². The molecule has 0 amide bonds. The van der Waals surface area contributed by atoms with Crippen LogP contribution in [0.5, 0.6) is 0 Å². The molecule has 0 aliphatic carbocycles. The highest BCUT2D eigenvalue weighted by atomic mass is 35.5. The number of nitrogens with zero attached hydrogens (tertiary/aromatic N) is 4. The Kier molecular flexibility index (Phi) is 3.98. The number of anilines is 1. The van der Waals surface area contributed by atoms with Crippen LogP contribution in [0.4, 0.5) is 11.4 Å². The van der Waals surface area contributed by atoms with Crippen LogP contribution >= 0.6 is 11.6 Å². The minimum absolute atomic E-state index is 0.0807. The molecule has 0 unspecified atom stereocenters. The number of halogens is 1. The van der Waals surface area contributed by atoms with Crippen LogP contribution in [0.2, 0.25) is 5.02 Å². The molecule has 1 aromatic carbocycles. The number of aromatic nitrogens is 3. The van der Waals surface area contributed by atoms with Gasteiger partial charge in [-0.3, -0.25) is 14.5 Å². The lowest BCUT2D eigenvalue weighted by molar-refractivity contribution is -0.384. The maximum atomic E-state index is 12.1. The molecule has 3 rings (SSSR count). The van der Waals surface area contributed by atoms with Crippen molar-refractivity contribution in [3.63, 3.8) is 0 Å². The summed E-state index contributed by atoms with van der Waals surface area (Å²) in [5.74, 6) is 0. The van der Waals surface area contributed by atoms with E-state index in [0.29, 0.717) is 24.4 Å². The van der Waals surface area contributed by atoms with E-state index < -0.39 is 4.92 Å². The van der Waals surface area contributed by atoms with E-state index in [2.05, 4.69) is 10.4 Å². The van der Waals surface area contributed by atoms with Crippen LogP contribution in [-0.4, -0.2) is 25.6 Å². The summed E-state index contributed by atoms with van der Waals surface area (Å²) < 4.78 is 2.79. The second-order valence-electron chi connectivity index (χ2n) is 4.78. The molecule has 0 saturated heterocycles. The highest BCUT2D eigenvalue weighted by molar-refractivity contribution is 6.32. The standard InChI is InChI=1S/C14H12ClN5O3/c15-11-5-4-10(9-12(11)20(22)23)16-6-8-19-14(21)18-7-2-1-3-13(18)17-19/h1-5,7,9,16H,6,8H2. The first-order valence-electron chi connectivity index (χ1n) is 6.78. The van der Waals surface area contributed by atoms with Crippen molar-refractivity contribution < 1.29 is 4.92 Å². The molecule has 0 spiro atoms. The third kappa shape index (κ3) is 3.02. The van der Waals surface area contributed by atoms with Gasteiger partial charge in [0.1, 0.15) is 5.02 Å². The Bertz CT molecular complexity index is 934. The molecule has 0 aliphatic heterocycles. The van der Waals surface area contributed by atoms with Gasteiger partial charge < -0.3 is 5.32 Å². The summed E-state index contributed by atoms with van der Waals surface area (Å²) in [6.45, 7) is 0.722. The number of benzene rings is 1. The van der Waals surface area contributed by atoms with Crippen molar-refractivity contribution in [1.29, 1.82) is 0 Å². The molecule has 1 N–H and O–H groups in total. The molecule has 23 heavy (non-hydrogen) atoms. The number of pyridine rings is 1. The molecule has 0 saturated carbocycles. The smallest absolute Gasteiger partial charge is 0.350 e. The van der Waals surface area contributed by atoms with E-state index in [-0.39, 0.29) is 16.4 Å². The first-order chi connectivity index (χ1) is 11.1. The molecule has 2 heterocycles. The van der Waals surface area contributed by atoms with E-state index in [1.807, 2.05) is 0 Å². The molecular formula is C14H12ClN5O3. The monoisotopic (exact) mass is 333 g/mol. The molecule has 2 aromatic heterocycles. The highest BCUT2D eigenvalue weighted by Gasteiger charge is 2.12. The summed E-state index contributed by atoms with van der Waals surface area (Å²) in [6.07, 6.45) is 1.65. The lowest BCUT2D eigenvalue weighted by Gasteiger charge is -2.06. The Balaban J connectivity index is 1.72. The first-order valence-corrected chi connectivity index (χ1v) is 7.16. The summed E-state index contributed by atoms with van der Waals surface area (Å²) in [7, 11) is 0. The fraction of sp³-hybridized carbons (Fsp3) is 0.143. The van der Waals surface area contributed by atoms with Crippen molar-refractivity contribution in [2.24, 2.45) is 0 Å². The van der Waals surface area contributed by atoms with Gasteiger partial charge in [-0.2, -0.15) is 0 Å². The average Bonchev–Trinajstić information content (AvgIpc) is 2.85. The van der Waals surface area contributed by atoms with Gasteiger partial charge in [-0.25, -0.2) is 9.48 Å². The minimum atomic E-state index is -0.542. The van der Waals surface area contributed by atoms with Crippen molar-refractivity contribution in [1.82, 2.24) is 14.2 Å². The third-order valence-electron chi connectivity index (χ3n) is 3.28. The van der Waals surface area contributed by atoms with Crippen molar-refractivity contribution in [3.05, 3.63) is 68.2 Å². The summed E-state index contributed by atoms with van der Waals surface area (Å²) in [6, 6.07) is 9.76. The topological polar surface area (TPSA) is 94.5 Å². The van der Waals surface area contributed by atoms with Crippen molar-refractivity contribution >= 4 is 28.6 Å². The number of nitro benzene ring substituents is 1. The lowest BCUT2D eigenvalue weighted by Crippen LogP contribution is -2.24. The Morgan fingerprint density at radius 2 is 2.13 bits per heavy atom. The number of rotatable bonds is 5. The fourth-order valence-electron chi connectivity index (χ4n) is 2.18. The predicted octanol–water partition coefficient (Wildman–Crippen LogP) is 2.17. The lowest BCUT2D eigenvalue weighted by atomic mass is 10.3. The average molecular weight is 334 g/mol. The van der Waals surface area contributed by atoms with E-state index in [9.17, 15) is 14.9 Å². The van der Waals surface area contributed by atoms with Crippen molar-refractivity contribution in [2.75, 3.05) is 11.9 Å². The van der Waals surface area contributed by atoms with Gasteiger partial charge >= 0.3 is 5.69 Å². The van der Waals surface area contributed by atoms with Gasteiger partial charge in [0.15, 0.2) is 5.65 Å². The van der Waals surface area contributed by atoms with E-state index in [4.69, 9.17) is 11.6 Å². The minimum Gasteiger partial charge on any atom is -0.383 e. The van der Waals surface area contributed by atoms with Crippen LogP contribution in [0.1, 0.15) is 0 Å². The zero-order valence-electron chi connectivity index (χ0n) is 11.8. The van der Waals surface area contributed by atoms with Gasteiger partial charge in [0.05, 0.1) is 11.5 Å². The molecule has 0 radical (unpaired) electrons. The molecule has 118 valence electrons. The number of nitro groups is 1. The van der Waals surface area contributed by atoms with E-state index in [1.165, 1.54) is 21.2 Å². The second-order valence-corrected chi connectivity index (χ2v) is 5.19. The molecule has 9 heteroatoms. The Morgan fingerprint density at radius 3 is 2.87 bits per heavy atom. The summed E-state index contributed by atoms with van der Waals surface area (Å²) >= 11 is 5.76. The van der Waals surface area contributed by atoms with Crippen LogP contribution in [-0.2, 0) is 6.54 Å². The zero-order valence-corrected chi connectivity index (χ0v) is 12.6. The van der Waals surface area contributed by atoms with Crippen molar-refractivity contribution in [3.8, 4) is 0 Å². The third-order valence-corrected chi connectivity index (χ3v) is 3.60. The molecule has 0 bridgehead atoms. The number of fused-ring (bicyclic) bond motifs is 1. The van der Waals surface area contributed by atoms with Crippen molar-refractivity contribution in [2.45, 2.75) is 6.54 Å². The summed E-state index contributed by atoms with van der Waals surface area (Å²) in [5, 5.41) is 18.1. The molecule has 0 fully saturated rings. The zero-order chi connectivity index (χ0) is 16.4. The number of hydrogen-bond acceptors (Lipinski definition) is 5. The van der Waals surface area contributed by atoms with Crippen LogP contribution < -0.4 is 11.0 Å². The van der Waals surface area contributed by atoms with E-state index in [1.54, 1.807) is 30.5 Å². The van der Waals surface area contributed by atoms with E-state index >= 15 is 0 Å².